The molecule has 0 aliphatic carbocycles. The van der Waals surface area contributed by atoms with Gasteiger partial charge in [0, 0.05) is 30.9 Å². The van der Waals surface area contributed by atoms with E-state index in [1.807, 2.05) is 0 Å². The summed E-state index contributed by atoms with van der Waals surface area (Å²) in [7, 11) is 1.78. The number of carboxylic acid groups (broad SMARTS) is 1. The molecule has 0 unspecified atom stereocenters. The molecular weight excluding hydrogens is 384 g/mol. The Kier molecular flexibility index (Phi) is 6.36. The minimum Gasteiger partial charge on any atom is -0.475 e. The molecule has 0 radical (unpaired) electrons. The standard InChI is InChI=1S/C14H13FN6.C2HF3O2/c1-21-8-12(19-20-21)13-10(6-16)7-17-14(18-13)9-2-4-11(15)5-3-9;3-2(4,5)1(6)7/h2-5,7-8H,6,16H2,1H3;(H,6,7). The molecule has 12 heteroatoms. The molecule has 0 bridgehead atoms. The third kappa shape index (κ3) is 5.30. The Balaban J connectivity index is 0.000000345. The number of benzene rings is 1. The van der Waals surface area contributed by atoms with Crippen LogP contribution in [0.4, 0.5) is 17.6 Å². The maximum Gasteiger partial charge on any atom is 0.490 e. The van der Waals surface area contributed by atoms with Gasteiger partial charge in [-0.05, 0) is 24.3 Å². The molecule has 3 N–H and O–H groups in total. The van der Waals surface area contributed by atoms with Crippen LogP contribution in [0, 0.1) is 5.82 Å². The summed E-state index contributed by atoms with van der Waals surface area (Å²) in [5, 5.41) is 15.1. The molecule has 2 aromatic heterocycles. The van der Waals surface area contributed by atoms with Gasteiger partial charge in [-0.25, -0.2) is 19.2 Å². The van der Waals surface area contributed by atoms with Gasteiger partial charge in [-0.1, -0.05) is 5.21 Å². The second-order valence-electron chi connectivity index (χ2n) is 5.36. The monoisotopic (exact) mass is 398 g/mol. The Morgan fingerprint density at radius 1 is 1.25 bits per heavy atom. The summed E-state index contributed by atoms with van der Waals surface area (Å²) in [6.45, 7) is 0.301. The van der Waals surface area contributed by atoms with Crippen LogP contribution in [0.1, 0.15) is 5.56 Å². The maximum absolute atomic E-state index is 13.0. The Labute approximate surface area is 155 Å². The molecule has 0 saturated heterocycles. The lowest BCUT2D eigenvalue weighted by atomic mass is 10.1. The highest BCUT2D eigenvalue weighted by Gasteiger charge is 2.38. The summed E-state index contributed by atoms with van der Waals surface area (Å²) in [5.74, 6) is -2.56. The molecule has 1 aromatic carbocycles. The number of carbonyl (C=O) groups is 1. The van der Waals surface area contributed by atoms with Crippen LogP contribution in [-0.2, 0) is 18.4 Å². The maximum atomic E-state index is 13.0. The zero-order valence-electron chi connectivity index (χ0n) is 14.4. The van der Waals surface area contributed by atoms with Crippen molar-refractivity contribution in [2.75, 3.05) is 0 Å². The van der Waals surface area contributed by atoms with Gasteiger partial charge in [-0.2, -0.15) is 13.2 Å². The van der Waals surface area contributed by atoms with E-state index >= 15 is 0 Å². The van der Waals surface area contributed by atoms with Crippen LogP contribution in [0.3, 0.4) is 0 Å². The van der Waals surface area contributed by atoms with Crippen molar-refractivity contribution < 1.29 is 27.5 Å². The molecule has 0 aliphatic heterocycles. The van der Waals surface area contributed by atoms with E-state index in [9.17, 15) is 17.6 Å². The zero-order valence-corrected chi connectivity index (χ0v) is 14.4. The molecule has 28 heavy (non-hydrogen) atoms. The normalized spacial score (nSPS) is 10.9. The lowest BCUT2D eigenvalue weighted by Crippen LogP contribution is -2.21. The molecule has 3 rings (SSSR count). The summed E-state index contributed by atoms with van der Waals surface area (Å²) in [4.78, 5) is 17.7. The molecule has 0 aliphatic rings. The van der Waals surface area contributed by atoms with E-state index in [0.717, 1.165) is 11.1 Å². The first-order chi connectivity index (χ1) is 13.1. The molecule has 0 fully saturated rings. The van der Waals surface area contributed by atoms with E-state index in [1.165, 1.54) is 12.1 Å². The van der Waals surface area contributed by atoms with Crippen molar-refractivity contribution in [3.63, 3.8) is 0 Å². The number of rotatable bonds is 3. The van der Waals surface area contributed by atoms with Gasteiger partial charge in [0.15, 0.2) is 5.82 Å². The van der Waals surface area contributed by atoms with Gasteiger partial charge in [0.05, 0.1) is 6.20 Å². The van der Waals surface area contributed by atoms with E-state index in [-0.39, 0.29) is 5.82 Å². The lowest BCUT2D eigenvalue weighted by Gasteiger charge is -2.06. The zero-order chi connectivity index (χ0) is 20.9. The van der Waals surface area contributed by atoms with Crippen LogP contribution in [0.5, 0.6) is 0 Å². The fourth-order valence-electron chi connectivity index (χ4n) is 1.97. The van der Waals surface area contributed by atoms with Gasteiger partial charge in [-0.3, -0.25) is 4.68 Å². The highest BCUT2D eigenvalue weighted by Crippen LogP contribution is 2.22. The first kappa shape index (κ1) is 20.9. The average molecular weight is 398 g/mol. The summed E-state index contributed by atoms with van der Waals surface area (Å²) in [6, 6.07) is 6.01. The number of halogens is 4. The molecule has 0 amide bonds. The number of hydrogen-bond acceptors (Lipinski definition) is 6. The van der Waals surface area contributed by atoms with Crippen molar-refractivity contribution in [1.29, 1.82) is 0 Å². The number of aromatic nitrogens is 5. The van der Waals surface area contributed by atoms with Crippen LogP contribution in [0.25, 0.3) is 22.8 Å². The Bertz CT molecular complexity index is 957. The summed E-state index contributed by atoms with van der Waals surface area (Å²) in [5.41, 5.74) is 8.49. The summed E-state index contributed by atoms with van der Waals surface area (Å²) >= 11 is 0. The largest absolute Gasteiger partial charge is 0.490 e. The van der Waals surface area contributed by atoms with E-state index in [1.54, 1.807) is 36.3 Å². The third-order valence-electron chi connectivity index (χ3n) is 3.27. The SMILES string of the molecule is Cn1cc(-c2nc(-c3ccc(F)cc3)ncc2CN)nn1.O=C(O)C(F)(F)F. The van der Waals surface area contributed by atoms with E-state index in [4.69, 9.17) is 15.6 Å². The van der Waals surface area contributed by atoms with Crippen molar-refractivity contribution in [2.24, 2.45) is 12.8 Å². The third-order valence-corrected chi connectivity index (χ3v) is 3.27. The minimum atomic E-state index is -5.08. The Hall–Kier alpha value is -3.41. The van der Waals surface area contributed by atoms with Crippen molar-refractivity contribution in [3.8, 4) is 22.8 Å². The molecule has 8 nitrogen and oxygen atoms in total. The van der Waals surface area contributed by atoms with Gasteiger partial charge >= 0.3 is 12.1 Å². The Morgan fingerprint density at radius 2 is 1.86 bits per heavy atom. The minimum absolute atomic E-state index is 0.300. The molecule has 0 spiro atoms. The molecule has 0 atom stereocenters. The van der Waals surface area contributed by atoms with Crippen LogP contribution in [-0.4, -0.2) is 42.2 Å². The topological polar surface area (TPSA) is 120 Å². The number of aryl methyl sites for hydroxylation is 1. The summed E-state index contributed by atoms with van der Waals surface area (Å²) < 4.78 is 46.3. The number of aliphatic carboxylic acids is 1. The van der Waals surface area contributed by atoms with Gasteiger partial charge in [-0.15, -0.1) is 5.10 Å². The van der Waals surface area contributed by atoms with Crippen LogP contribution in [0.2, 0.25) is 0 Å². The Morgan fingerprint density at radius 3 is 2.32 bits per heavy atom. The average Bonchev–Trinajstić information content (AvgIpc) is 3.08. The van der Waals surface area contributed by atoms with Gasteiger partial charge in [0.25, 0.3) is 0 Å². The number of nitrogens with two attached hydrogens (primary N) is 1. The van der Waals surface area contributed by atoms with Crippen LogP contribution >= 0.6 is 0 Å². The van der Waals surface area contributed by atoms with Crippen molar-refractivity contribution in [3.05, 3.63) is 48.0 Å². The lowest BCUT2D eigenvalue weighted by molar-refractivity contribution is -0.192. The van der Waals surface area contributed by atoms with Crippen molar-refractivity contribution in [1.82, 2.24) is 25.0 Å². The molecule has 148 valence electrons. The van der Waals surface area contributed by atoms with E-state index < -0.39 is 12.1 Å². The van der Waals surface area contributed by atoms with Crippen LogP contribution in [0.15, 0.2) is 36.7 Å². The quantitative estimate of drug-likeness (QED) is 0.649. The predicted octanol–water partition coefficient (Wildman–Crippen LogP) is 2.17. The van der Waals surface area contributed by atoms with E-state index in [2.05, 4.69) is 20.3 Å². The first-order valence-corrected chi connectivity index (χ1v) is 7.60. The molecular formula is C16H14F4N6O2. The number of hydrogen-bond donors (Lipinski definition) is 2. The van der Waals surface area contributed by atoms with Crippen molar-refractivity contribution >= 4 is 5.97 Å². The smallest absolute Gasteiger partial charge is 0.475 e. The number of alkyl halides is 3. The van der Waals surface area contributed by atoms with E-state index in [0.29, 0.717) is 23.8 Å². The molecule has 2 heterocycles. The van der Waals surface area contributed by atoms with Gasteiger partial charge in [0.1, 0.15) is 17.2 Å². The molecule has 0 saturated carbocycles. The van der Waals surface area contributed by atoms with Crippen molar-refractivity contribution in [2.45, 2.75) is 12.7 Å². The fraction of sp³-hybridized carbons (Fsp3) is 0.188. The summed E-state index contributed by atoms with van der Waals surface area (Å²) in [6.07, 6.45) is -1.66. The number of carboxylic acids is 1. The predicted molar refractivity (Wildman–Crippen MR) is 89.0 cm³/mol. The first-order valence-electron chi connectivity index (χ1n) is 7.60. The molecule has 3 aromatic rings. The highest BCUT2D eigenvalue weighted by atomic mass is 19.4. The second kappa shape index (κ2) is 8.52. The number of nitrogens with zero attached hydrogens (tertiary/aromatic N) is 5. The van der Waals surface area contributed by atoms with Crippen LogP contribution < -0.4 is 5.73 Å². The van der Waals surface area contributed by atoms with Gasteiger partial charge < -0.3 is 10.8 Å². The van der Waals surface area contributed by atoms with Gasteiger partial charge in [0.2, 0.25) is 0 Å². The second-order valence-corrected chi connectivity index (χ2v) is 5.36. The highest BCUT2D eigenvalue weighted by molar-refractivity contribution is 5.73. The fourth-order valence-corrected chi connectivity index (χ4v) is 1.97.